The fourth-order valence-corrected chi connectivity index (χ4v) is 4.10. The van der Waals surface area contributed by atoms with E-state index in [0.717, 1.165) is 6.54 Å². The number of likely N-dealkylation sites (N-methyl/N-ethyl adjacent to an activating group) is 1. The van der Waals surface area contributed by atoms with E-state index in [4.69, 9.17) is 0 Å². The maximum atomic E-state index is 2.44. The topological polar surface area (TPSA) is 6.48 Å². The van der Waals surface area contributed by atoms with Crippen LogP contribution in [0.4, 0.5) is 0 Å². The van der Waals surface area contributed by atoms with Crippen LogP contribution in [0.5, 0.6) is 0 Å². The van der Waals surface area contributed by atoms with Gasteiger partial charge in [0.25, 0.3) is 0 Å². The lowest BCUT2D eigenvalue weighted by Crippen LogP contribution is -2.46. The van der Waals surface area contributed by atoms with E-state index in [0.29, 0.717) is 0 Å². The Kier molecular flexibility index (Phi) is 5.03. The van der Waals surface area contributed by atoms with Crippen LogP contribution in [0.2, 0.25) is 0 Å². The summed E-state index contributed by atoms with van der Waals surface area (Å²) in [5, 5.41) is 0. The van der Waals surface area contributed by atoms with Crippen molar-refractivity contribution in [2.24, 2.45) is 0 Å². The normalized spacial score (nSPS) is 13.9. The molecule has 0 bridgehead atoms. The van der Waals surface area contributed by atoms with Gasteiger partial charge in [0.2, 0.25) is 0 Å². The van der Waals surface area contributed by atoms with E-state index in [1.165, 1.54) is 22.4 Å². The molecule has 1 heterocycles. The van der Waals surface area contributed by atoms with Crippen LogP contribution in [0.25, 0.3) is 0 Å². The molecule has 140 valence electrons. The van der Waals surface area contributed by atoms with Crippen molar-refractivity contribution in [1.82, 2.24) is 9.80 Å². The molecule has 28 heavy (non-hydrogen) atoms. The molecule has 0 aliphatic carbocycles. The van der Waals surface area contributed by atoms with Gasteiger partial charge in [0.05, 0.1) is 0 Å². The highest BCUT2D eigenvalue weighted by Gasteiger charge is 2.41. The van der Waals surface area contributed by atoms with Crippen LogP contribution in [-0.4, -0.2) is 30.4 Å². The first-order valence-corrected chi connectivity index (χ1v) is 9.72. The smallest absolute Gasteiger partial charge is 0.116 e. The van der Waals surface area contributed by atoms with Gasteiger partial charge in [0, 0.05) is 32.5 Å². The molecule has 0 amide bonds. The molecule has 4 rings (SSSR count). The summed E-state index contributed by atoms with van der Waals surface area (Å²) in [6.45, 7) is 0.836. The second-order valence-corrected chi connectivity index (χ2v) is 7.30. The standard InChI is InChI=1S/C26H26N2/c1-27(2)25-18-20-28(21-19-25)26(22-12-6-3-7-13-22,23-14-8-4-9-15-23)24-16-10-5-11-17-24/h3-20H,21H2,1-2H3. The lowest BCUT2D eigenvalue weighted by molar-refractivity contribution is 0.249. The van der Waals surface area contributed by atoms with Crippen LogP contribution in [0.1, 0.15) is 16.7 Å². The van der Waals surface area contributed by atoms with Crippen LogP contribution in [0.3, 0.4) is 0 Å². The molecule has 2 nitrogen and oxygen atoms in total. The van der Waals surface area contributed by atoms with Crippen molar-refractivity contribution < 1.29 is 0 Å². The lowest BCUT2D eigenvalue weighted by atomic mass is 9.75. The molecule has 0 spiro atoms. The van der Waals surface area contributed by atoms with Crippen LogP contribution in [0, 0.1) is 0 Å². The molecule has 0 atom stereocenters. The van der Waals surface area contributed by atoms with Gasteiger partial charge in [-0.2, -0.15) is 0 Å². The minimum Gasteiger partial charge on any atom is -0.378 e. The summed E-state index contributed by atoms with van der Waals surface area (Å²) >= 11 is 0. The van der Waals surface area contributed by atoms with Gasteiger partial charge in [-0.1, -0.05) is 91.0 Å². The third-order valence-corrected chi connectivity index (χ3v) is 5.44. The predicted octanol–water partition coefficient (Wildman–Crippen LogP) is 5.25. The fraction of sp³-hybridized carbons (Fsp3) is 0.154. The number of benzene rings is 3. The van der Waals surface area contributed by atoms with Crippen LogP contribution >= 0.6 is 0 Å². The van der Waals surface area contributed by atoms with Crippen molar-refractivity contribution in [3.05, 3.63) is 132 Å². The number of allylic oxidation sites excluding steroid dienone is 1. The molecule has 0 saturated carbocycles. The van der Waals surface area contributed by atoms with Gasteiger partial charge in [-0.15, -0.1) is 0 Å². The maximum absolute atomic E-state index is 2.44. The summed E-state index contributed by atoms with van der Waals surface area (Å²) in [5.74, 6) is 0. The average Bonchev–Trinajstić information content (AvgIpc) is 2.77. The molecule has 1 aliphatic heterocycles. The van der Waals surface area contributed by atoms with Crippen molar-refractivity contribution in [3.63, 3.8) is 0 Å². The highest BCUT2D eigenvalue weighted by molar-refractivity contribution is 5.51. The molecule has 0 saturated heterocycles. The Bertz CT molecular complexity index is 860. The molecule has 0 radical (unpaired) electrons. The Morgan fingerprint density at radius 2 is 1.11 bits per heavy atom. The largest absolute Gasteiger partial charge is 0.378 e. The molecule has 0 fully saturated rings. The third-order valence-electron chi connectivity index (χ3n) is 5.44. The molecule has 3 aromatic carbocycles. The van der Waals surface area contributed by atoms with Crippen molar-refractivity contribution in [1.29, 1.82) is 0 Å². The van der Waals surface area contributed by atoms with E-state index in [2.05, 4.69) is 133 Å². The second kappa shape index (κ2) is 7.77. The van der Waals surface area contributed by atoms with Crippen LogP contribution in [-0.2, 0) is 5.54 Å². The Balaban J connectivity index is 1.96. The van der Waals surface area contributed by atoms with Gasteiger partial charge >= 0.3 is 0 Å². The molecule has 0 unspecified atom stereocenters. The number of hydrogen-bond acceptors (Lipinski definition) is 2. The fourth-order valence-electron chi connectivity index (χ4n) is 4.10. The number of rotatable bonds is 5. The van der Waals surface area contributed by atoms with Gasteiger partial charge in [-0.3, -0.25) is 0 Å². The van der Waals surface area contributed by atoms with E-state index in [1.807, 2.05) is 0 Å². The minimum absolute atomic E-state index is 0.394. The Morgan fingerprint density at radius 1 is 0.679 bits per heavy atom. The Hall–Kier alpha value is -3.26. The van der Waals surface area contributed by atoms with E-state index < -0.39 is 5.54 Å². The molecular formula is C26H26N2. The van der Waals surface area contributed by atoms with Crippen molar-refractivity contribution >= 4 is 0 Å². The molecule has 2 heteroatoms. The first-order chi connectivity index (χ1) is 13.7. The van der Waals surface area contributed by atoms with E-state index >= 15 is 0 Å². The number of nitrogens with zero attached hydrogens (tertiary/aromatic N) is 2. The highest BCUT2D eigenvalue weighted by Crippen LogP contribution is 2.43. The van der Waals surface area contributed by atoms with Gasteiger partial charge < -0.3 is 9.80 Å². The van der Waals surface area contributed by atoms with Crippen molar-refractivity contribution in [3.8, 4) is 0 Å². The summed E-state index contributed by atoms with van der Waals surface area (Å²) in [5.41, 5.74) is 4.63. The first-order valence-electron chi connectivity index (χ1n) is 9.72. The van der Waals surface area contributed by atoms with Crippen LogP contribution in [0.15, 0.2) is 115 Å². The predicted molar refractivity (Wildman–Crippen MR) is 117 cm³/mol. The lowest BCUT2D eigenvalue weighted by Gasteiger charge is -2.46. The SMILES string of the molecule is CN(C)C1=CCN(C(c2ccccc2)(c2ccccc2)c2ccccc2)C=C1. The minimum atomic E-state index is -0.394. The second-order valence-electron chi connectivity index (χ2n) is 7.30. The van der Waals surface area contributed by atoms with Gasteiger partial charge in [0.15, 0.2) is 0 Å². The molecule has 3 aromatic rings. The average molecular weight is 367 g/mol. The monoisotopic (exact) mass is 366 g/mol. The van der Waals surface area contributed by atoms with E-state index in [-0.39, 0.29) is 0 Å². The van der Waals surface area contributed by atoms with Gasteiger partial charge in [-0.25, -0.2) is 0 Å². The molecule has 0 aromatic heterocycles. The van der Waals surface area contributed by atoms with Gasteiger partial charge in [0.1, 0.15) is 5.54 Å². The molecule has 0 N–H and O–H groups in total. The highest BCUT2D eigenvalue weighted by atomic mass is 15.2. The molecular weight excluding hydrogens is 340 g/mol. The summed E-state index contributed by atoms with van der Waals surface area (Å²) in [7, 11) is 4.18. The summed E-state index contributed by atoms with van der Waals surface area (Å²) in [6, 6.07) is 32.4. The van der Waals surface area contributed by atoms with E-state index in [9.17, 15) is 0 Å². The van der Waals surface area contributed by atoms with Crippen molar-refractivity contribution in [2.75, 3.05) is 20.6 Å². The zero-order chi connectivity index (χ0) is 19.4. The zero-order valence-corrected chi connectivity index (χ0v) is 16.5. The summed E-state index contributed by atoms with van der Waals surface area (Å²) in [6.07, 6.45) is 6.74. The zero-order valence-electron chi connectivity index (χ0n) is 16.5. The summed E-state index contributed by atoms with van der Waals surface area (Å²) in [4.78, 5) is 4.60. The molecule has 1 aliphatic rings. The first kappa shape index (κ1) is 18.1. The van der Waals surface area contributed by atoms with E-state index in [1.54, 1.807) is 0 Å². The third kappa shape index (κ3) is 3.11. The maximum Gasteiger partial charge on any atom is 0.116 e. The summed E-state index contributed by atoms with van der Waals surface area (Å²) < 4.78 is 0. The quantitative estimate of drug-likeness (QED) is 0.569. The number of hydrogen-bond donors (Lipinski definition) is 0. The van der Waals surface area contributed by atoms with Gasteiger partial charge in [-0.05, 0) is 28.8 Å². The Morgan fingerprint density at radius 3 is 1.43 bits per heavy atom. The van der Waals surface area contributed by atoms with Crippen molar-refractivity contribution in [2.45, 2.75) is 5.54 Å². The Labute approximate surface area is 168 Å². The van der Waals surface area contributed by atoms with Crippen LogP contribution < -0.4 is 0 Å².